The van der Waals surface area contributed by atoms with Crippen molar-refractivity contribution in [3.8, 4) is 5.82 Å². The Morgan fingerprint density at radius 3 is 2.79 bits per heavy atom. The molecule has 0 saturated carbocycles. The van der Waals surface area contributed by atoms with Crippen LogP contribution in [0.15, 0.2) is 24.5 Å². The molecule has 0 unspecified atom stereocenters. The van der Waals surface area contributed by atoms with Gasteiger partial charge in [-0.3, -0.25) is 0 Å². The summed E-state index contributed by atoms with van der Waals surface area (Å²) in [6.07, 6.45) is 4.72. The van der Waals surface area contributed by atoms with Gasteiger partial charge in [0.05, 0.1) is 11.9 Å². The zero-order chi connectivity index (χ0) is 13.8. The molecule has 0 aliphatic carbocycles. The third-order valence-electron chi connectivity index (χ3n) is 3.11. The average Bonchev–Trinajstić information content (AvgIpc) is 2.79. The second-order valence-electron chi connectivity index (χ2n) is 5.11. The lowest BCUT2D eigenvalue weighted by Crippen LogP contribution is -2.22. The first-order chi connectivity index (χ1) is 9.11. The van der Waals surface area contributed by atoms with Crippen molar-refractivity contribution in [1.82, 2.24) is 20.1 Å². The monoisotopic (exact) mass is 258 g/mol. The van der Waals surface area contributed by atoms with E-state index in [2.05, 4.69) is 49.2 Å². The minimum absolute atomic E-state index is 0.477. The second-order valence-corrected chi connectivity index (χ2v) is 5.11. The maximum absolute atomic E-state index is 4.49. The number of hydrogen-bond donors (Lipinski definition) is 1. The van der Waals surface area contributed by atoms with Gasteiger partial charge in [-0.2, -0.15) is 5.10 Å². The van der Waals surface area contributed by atoms with Crippen molar-refractivity contribution in [3.05, 3.63) is 41.3 Å². The summed E-state index contributed by atoms with van der Waals surface area (Å²) < 4.78 is 1.95. The molecule has 0 aliphatic heterocycles. The molecule has 0 radical (unpaired) electrons. The van der Waals surface area contributed by atoms with Crippen LogP contribution in [-0.4, -0.2) is 20.8 Å². The summed E-state index contributed by atoms with van der Waals surface area (Å²) >= 11 is 0. The first-order valence-electron chi connectivity index (χ1n) is 6.84. The lowest BCUT2D eigenvalue weighted by Gasteiger charge is -2.10. The third-order valence-corrected chi connectivity index (χ3v) is 3.11. The summed E-state index contributed by atoms with van der Waals surface area (Å²) in [6, 6.07) is 4.54. The van der Waals surface area contributed by atoms with Crippen molar-refractivity contribution in [2.24, 2.45) is 0 Å². The molecule has 0 bridgehead atoms. The summed E-state index contributed by atoms with van der Waals surface area (Å²) in [6.45, 7) is 9.38. The van der Waals surface area contributed by atoms with Gasteiger partial charge in [-0.05, 0) is 31.0 Å². The highest BCUT2D eigenvalue weighted by Gasteiger charge is 2.11. The van der Waals surface area contributed by atoms with Crippen molar-refractivity contribution >= 4 is 0 Å². The minimum atomic E-state index is 0.477. The number of aromatic nitrogens is 3. The van der Waals surface area contributed by atoms with Crippen LogP contribution in [0.2, 0.25) is 0 Å². The predicted molar refractivity (Wildman–Crippen MR) is 77.4 cm³/mol. The van der Waals surface area contributed by atoms with E-state index in [1.54, 1.807) is 0 Å². The van der Waals surface area contributed by atoms with E-state index in [4.69, 9.17) is 0 Å². The van der Waals surface area contributed by atoms with Crippen LogP contribution in [0.25, 0.3) is 5.82 Å². The maximum Gasteiger partial charge on any atom is 0.153 e. The zero-order valence-corrected chi connectivity index (χ0v) is 12.1. The van der Waals surface area contributed by atoms with Crippen LogP contribution in [0.4, 0.5) is 0 Å². The van der Waals surface area contributed by atoms with Gasteiger partial charge in [-0.25, -0.2) is 9.67 Å². The third kappa shape index (κ3) is 3.20. The largest absolute Gasteiger partial charge is 0.310 e. The Hall–Kier alpha value is -1.68. The summed E-state index contributed by atoms with van der Waals surface area (Å²) in [5, 5.41) is 7.93. The quantitative estimate of drug-likeness (QED) is 0.896. The van der Waals surface area contributed by atoms with Gasteiger partial charge in [0.1, 0.15) is 0 Å². The van der Waals surface area contributed by atoms with E-state index < -0.39 is 0 Å². The molecular formula is C15H22N4. The number of rotatable bonds is 5. The summed E-state index contributed by atoms with van der Waals surface area (Å²) in [4.78, 5) is 4.41. The molecule has 4 heteroatoms. The maximum atomic E-state index is 4.49. The fraction of sp³-hybridized carbons (Fsp3) is 0.467. The van der Waals surface area contributed by atoms with E-state index in [-0.39, 0.29) is 0 Å². The van der Waals surface area contributed by atoms with Gasteiger partial charge in [0.15, 0.2) is 5.82 Å². The smallest absolute Gasteiger partial charge is 0.153 e. The lowest BCUT2D eigenvalue weighted by atomic mass is 10.2. The number of nitrogens with zero attached hydrogens (tertiary/aromatic N) is 3. The Kier molecular flexibility index (Phi) is 4.32. The molecule has 0 spiro atoms. The highest BCUT2D eigenvalue weighted by atomic mass is 15.3. The Labute approximate surface area is 114 Å². The molecule has 2 aromatic rings. The van der Waals surface area contributed by atoms with E-state index in [0.717, 1.165) is 18.8 Å². The number of hydrogen-bond acceptors (Lipinski definition) is 3. The summed E-state index contributed by atoms with van der Waals surface area (Å²) in [7, 11) is 0. The van der Waals surface area contributed by atoms with E-state index in [9.17, 15) is 0 Å². The normalized spacial score (nSPS) is 11.2. The Morgan fingerprint density at radius 2 is 2.16 bits per heavy atom. The standard InChI is InChI=1S/C15H22N4/c1-5-14-13(9-17-11(2)3)10-18-19(14)15-8-12(4)6-7-16-15/h6-8,10-11,17H,5,9H2,1-4H3. The molecule has 19 heavy (non-hydrogen) atoms. The SMILES string of the molecule is CCc1c(CNC(C)C)cnn1-c1cc(C)ccn1. The topological polar surface area (TPSA) is 42.7 Å². The number of aryl methyl sites for hydroxylation is 1. The predicted octanol–water partition coefficient (Wildman–Crippen LogP) is 2.64. The minimum Gasteiger partial charge on any atom is -0.310 e. The van der Waals surface area contributed by atoms with Gasteiger partial charge in [-0.15, -0.1) is 0 Å². The van der Waals surface area contributed by atoms with Crippen LogP contribution in [0.5, 0.6) is 0 Å². The Balaban J connectivity index is 2.31. The Bertz CT molecular complexity index is 543. The molecule has 4 nitrogen and oxygen atoms in total. The molecule has 1 N–H and O–H groups in total. The van der Waals surface area contributed by atoms with E-state index in [0.29, 0.717) is 6.04 Å². The van der Waals surface area contributed by atoms with Gasteiger partial charge < -0.3 is 5.32 Å². The van der Waals surface area contributed by atoms with Crippen LogP contribution in [-0.2, 0) is 13.0 Å². The van der Waals surface area contributed by atoms with Gasteiger partial charge >= 0.3 is 0 Å². The van der Waals surface area contributed by atoms with Crippen molar-refractivity contribution in [3.63, 3.8) is 0 Å². The summed E-state index contributed by atoms with van der Waals surface area (Å²) in [5.74, 6) is 0.896. The molecule has 2 aromatic heterocycles. The van der Waals surface area contributed by atoms with Crippen molar-refractivity contribution < 1.29 is 0 Å². The first-order valence-corrected chi connectivity index (χ1v) is 6.84. The van der Waals surface area contributed by atoms with Crippen molar-refractivity contribution in [2.45, 2.75) is 46.7 Å². The molecule has 0 amide bonds. The van der Waals surface area contributed by atoms with Crippen LogP contribution >= 0.6 is 0 Å². The van der Waals surface area contributed by atoms with Crippen molar-refractivity contribution in [1.29, 1.82) is 0 Å². The molecule has 2 heterocycles. The lowest BCUT2D eigenvalue weighted by molar-refractivity contribution is 0.586. The van der Waals surface area contributed by atoms with Crippen LogP contribution in [0.1, 0.15) is 37.6 Å². The molecule has 0 saturated heterocycles. The molecule has 0 atom stereocenters. The van der Waals surface area contributed by atoms with Gasteiger partial charge in [-0.1, -0.05) is 20.8 Å². The zero-order valence-electron chi connectivity index (χ0n) is 12.1. The molecule has 0 fully saturated rings. The average molecular weight is 258 g/mol. The second kappa shape index (κ2) is 5.97. The van der Waals surface area contributed by atoms with Crippen LogP contribution < -0.4 is 5.32 Å². The molecule has 0 aliphatic rings. The summed E-state index contributed by atoms with van der Waals surface area (Å²) in [5.41, 5.74) is 3.68. The van der Waals surface area contributed by atoms with E-state index in [1.165, 1.54) is 16.8 Å². The highest BCUT2D eigenvalue weighted by Crippen LogP contribution is 2.15. The first kappa shape index (κ1) is 13.7. The molecule has 102 valence electrons. The molecular weight excluding hydrogens is 236 g/mol. The van der Waals surface area contributed by atoms with Crippen LogP contribution in [0, 0.1) is 6.92 Å². The fourth-order valence-corrected chi connectivity index (χ4v) is 2.08. The van der Waals surface area contributed by atoms with Gasteiger partial charge in [0.2, 0.25) is 0 Å². The molecule has 0 aromatic carbocycles. The van der Waals surface area contributed by atoms with Crippen LogP contribution in [0.3, 0.4) is 0 Å². The molecule has 2 rings (SSSR count). The Morgan fingerprint density at radius 1 is 1.37 bits per heavy atom. The van der Waals surface area contributed by atoms with Gasteiger partial charge in [0.25, 0.3) is 0 Å². The fourth-order valence-electron chi connectivity index (χ4n) is 2.08. The van der Waals surface area contributed by atoms with E-state index >= 15 is 0 Å². The van der Waals surface area contributed by atoms with E-state index in [1.807, 2.05) is 23.1 Å². The number of pyridine rings is 1. The van der Waals surface area contributed by atoms with Gasteiger partial charge in [0, 0.05) is 24.3 Å². The van der Waals surface area contributed by atoms with Crippen molar-refractivity contribution in [2.75, 3.05) is 0 Å². The number of nitrogens with one attached hydrogen (secondary N) is 1. The highest BCUT2D eigenvalue weighted by molar-refractivity contribution is 5.31.